The molecule has 0 unspecified atom stereocenters. The zero-order chi connectivity index (χ0) is 12.1. The highest BCUT2D eigenvalue weighted by atomic mass is 19.1. The molecule has 1 amide bonds. The van der Waals surface area contributed by atoms with Crippen LogP contribution in [-0.4, -0.2) is 26.0 Å². The summed E-state index contributed by atoms with van der Waals surface area (Å²) in [7, 11) is 1.41. The first-order valence-corrected chi connectivity index (χ1v) is 4.98. The van der Waals surface area contributed by atoms with Gasteiger partial charge in [0.1, 0.15) is 11.6 Å². The number of benzene rings is 1. The van der Waals surface area contributed by atoms with Crippen LogP contribution in [0, 0.1) is 11.6 Å². The number of carbonyl (C=O) groups is 1. The van der Waals surface area contributed by atoms with Crippen LogP contribution in [0.3, 0.4) is 0 Å². The van der Waals surface area contributed by atoms with E-state index in [0.29, 0.717) is 6.54 Å². The topological polar surface area (TPSA) is 32.3 Å². The van der Waals surface area contributed by atoms with Gasteiger partial charge in [0.25, 0.3) is 0 Å². The van der Waals surface area contributed by atoms with Gasteiger partial charge in [0, 0.05) is 13.1 Å². The van der Waals surface area contributed by atoms with E-state index in [1.165, 1.54) is 7.05 Å². The molecule has 0 aromatic heterocycles. The summed E-state index contributed by atoms with van der Waals surface area (Å²) >= 11 is 0. The van der Waals surface area contributed by atoms with E-state index in [-0.39, 0.29) is 18.1 Å². The summed E-state index contributed by atoms with van der Waals surface area (Å²) in [6.07, 6.45) is 0. The van der Waals surface area contributed by atoms with Crippen LogP contribution in [-0.2, 0) is 4.79 Å². The molecular weight excluding hydrogens is 214 g/mol. The Bertz CT molecular complexity index is 382. The van der Waals surface area contributed by atoms with Crippen LogP contribution in [0.5, 0.6) is 0 Å². The van der Waals surface area contributed by atoms with Crippen molar-refractivity contribution >= 4 is 11.6 Å². The van der Waals surface area contributed by atoms with Crippen molar-refractivity contribution in [1.29, 1.82) is 0 Å². The van der Waals surface area contributed by atoms with Gasteiger partial charge in [-0.05, 0) is 18.7 Å². The second-order valence-corrected chi connectivity index (χ2v) is 3.33. The Balaban J connectivity index is 2.82. The van der Waals surface area contributed by atoms with Gasteiger partial charge in [0.05, 0.1) is 12.2 Å². The number of halogens is 2. The van der Waals surface area contributed by atoms with Crippen LogP contribution in [0.1, 0.15) is 6.92 Å². The molecule has 16 heavy (non-hydrogen) atoms. The van der Waals surface area contributed by atoms with Gasteiger partial charge in [-0.2, -0.15) is 0 Å². The standard InChI is InChI=1S/C11H14F2N2O/c1-3-14-7-11(16)15(2)10-6-8(12)4-5-9(10)13/h4-6,14H,3,7H2,1-2H3. The van der Waals surface area contributed by atoms with Gasteiger partial charge in [-0.25, -0.2) is 8.78 Å². The van der Waals surface area contributed by atoms with Gasteiger partial charge in [-0.15, -0.1) is 0 Å². The molecule has 0 spiro atoms. The maximum absolute atomic E-state index is 13.3. The van der Waals surface area contributed by atoms with E-state index < -0.39 is 11.6 Å². The highest BCUT2D eigenvalue weighted by molar-refractivity contribution is 5.94. The van der Waals surface area contributed by atoms with Crippen molar-refractivity contribution in [3.05, 3.63) is 29.8 Å². The van der Waals surface area contributed by atoms with Gasteiger partial charge < -0.3 is 10.2 Å². The van der Waals surface area contributed by atoms with E-state index in [9.17, 15) is 13.6 Å². The van der Waals surface area contributed by atoms with Crippen LogP contribution in [0.2, 0.25) is 0 Å². The van der Waals surface area contributed by atoms with Crippen molar-refractivity contribution in [2.24, 2.45) is 0 Å². The molecule has 0 saturated carbocycles. The average Bonchev–Trinajstić information content (AvgIpc) is 2.28. The van der Waals surface area contributed by atoms with Gasteiger partial charge >= 0.3 is 0 Å². The molecule has 0 fully saturated rings. The maximum Gasteiger partial charge on any atom is 0.240 e. The first-order chi connectivity index (χ1) is 7.56. The predicted octanol–water partition coefficient (Wildman–Crippen LogP) is 1.54. The van der Waals surface area contributed by atoms with E-state index in [2.05, 4.69) is 5.32 Å². The highest BCUT2D eigenvalue weighted by Gasteiger charge is 2.14. The molecule has 88 valence electrons. The summed E-state index contributed by atoms with van der Waals surface area (Å²) in [5.74, 6) is -1.50. The molecule has 0 aliphatic carbocycles. The number of likely N-dealkylation sites (N-methyl/N-ethyl adjacent to an activating group) is 2. The van der Waals surface area contributed by atoms with Crippen molar-refractivity contribution < 1.29 is 13.6 Å². The molecule has 1 rings (SSSR count). The Hall–Kier alpha value is -1.49. The van der Waals surface area contributed by atoms with Crippen LogP contribution in [0.15, 0.2) is 18.2 Å². The number of amides is 1. The molecule has 0 saturated heterocycles. The largest absolute Gasteiger partial charge is 0.312 e. The number of nitrogens with zero attached hydrogens (tertiary/aromatic N) is 1. The quantitative estimate of drug-likeness (QED) is 0.847. The lowest BCUT2D eigenvalue weighted by molar-refractivity contribution is -0.117. The summed E-state index contributed by atoms with van der Waals surface area (Å²) in [5, 5.41) is 2.83. The Labute approximate surface area is 93.1 Å². The lowest BCUT2D eigenvalue weighted by atomic mass is 10.2. The zero-order valence-electron chi connectivity index (χ0n) is 9.26. The fraction of sp³-hybridized carbons (Fsp3) is 0.364. The highest BCUT2D eigenvalue weighted by Crippen LogP contribution is 2.19. The second-order valence-electron chi connectivity index (χ2n) is 3.33. The van der Waals surface area contributed by atoms with Crippen molar-refractivity contribution in [2.45, 2.75) is 6.92 Å². The first-order valence-electron chi connectivity index (χ1n) is 4.98. The maximum atomic E-state index is 13.3. The molecule has 0 atom stereocenters. The Morgan fingerprint density at radius 1 is 1.44 bits per heavy atom. The molecule has 0 aliphatic rings. The van der Waals surface area contributed by atoms with Crippen molar-refractivity contribution in [1.82, 2.24) is 5.32 Å². The summed E-state index contributed by atoms with van der Waals surface area (Å²) in [6, 6.07) is 3.02. The third-order valence-corrected chi connectivity index (χ3v) is 2.17. The van der Waals surface area contributed by atoms with E-state index in [4.69, 9.17) is 0 Å². The van der Waals surface area contributed by atoms with Gasteiger partial charge in [0.2, 0.25) is 5.91 Å². The number of nitrogens with one attached hydrogen (secondary N) is 1. The summed E-state index contributed by atoms with van der Waals surface area (Å²) in [6.45, 7) is 2.60. The van der Waals surface area contributed by atoms with E-state index >= 15 is 0 Å². The third kappa shape index (κ3) is 3.00. The molecule has 1 aromatic rings. The second kappa shape index (κ2) is 5.55. The number of hydrogen-bond acceptors (Lipinski definition) is 2. The smallest absolute Gasteiger partial charge is 0.240 e. The molecule has 1 aromatic carbocycles. The number of carbonyl (C=O) groups excluding carboxylic acids is 1. The van der Waals surface area contributed by atoms with Crippen LogP contribution >= 0.6 is 0 Å². The molecule has 0 bridgehead atoms. The molecule has 0 heterocycles. The van der Waals surface area contributed by atoms with Crippen molar-refractivity contribution in [2.75, 3.05) is 25.0 Å². The molecular formula is C11H14F2N2O. The minimum atomic E-state index is -0.617. The summed E-state index contributed by atoms with van der Waals surface area (Å²) in [5.41, 5.74) is -0.0529. The molecule has 0 radical (unpaired) electrons. The fourth-order valence-electron chi connectivity index (χ4n) is 1.23. The Morgan fingerprint density at radius 3 is 2.75 bits per heavy atom. The third-order valence-electron chi connectivity index (χ3n) is 2.17. The van der Waals surface area contributed by atoms with Crippen molar-refractivity contribution in [3.63, 3.8) is 0 Å². The minimum absolute atomic E-state index is 0.0529. The molecule has 5 heteroatoms. The molecule has 3 nitrogen and oxygen atoms in total. The fourth-order valence-corrected chi connectivity index (χ4v) is 1.23. The minimum Gasteiger partial charge on any atom is -0.312 e. The number of anilines is 1. The Kier molecular flexibility index (Phi) is 4.37. The SMILES string of the molecule is CCNCC(=O)N(C)c1cc(F)ccc1F. The van der Waals surface area contributed by atoms with E-state index in [1.54, 1.807) is 0 Å². The lowest BCUT2D eigenvalue weighted by Crippen LogP contribution is -2.35. The average molecular weight is 228 g/mol. The van der Waals surface area contributed by atoms with Crippen LogP contribution in [0.4, 0.5) is 14.5 Å². The number of rotatable bonds is 4. The number of hydrogen-bond donors (Lipinski definition) is 1. The van der Waals surface area contributed by atoms with Crippen LogP contribution in [0.25, 0.3) is 0 Å². The Morgan fingerprint density at radius 2 is 2.12 bits per heavy atom. The summed E-state index contributed by atoms with van der Waals surface area (Å²) < 4.78 is 26.2. The summed E-state index contributed by atoms with van der Waals surface area (Å²) in [4.78, 5) is 12.6. The van der Waals surface area contributed by atoms with Gasteiger partial charge in [0.15, 0.2) is 0 Å². The zero-order valence-corrected chi connectivity index (χ0v) is 9.26. The van der Waals surface area contributed by atoms with Crippen LogP contribution < -0.4 is 10.2 Å². The molecule has 1 N–H and O–H groups in total. The predicted molar refractivity (Wildman–Crippen MR) is 58.3 cm³/mol. The lowest BCUT2D eigenvalue weighted by Gasteiger charge is -2.18. The van der Waals surface area contributed by atoms with Gasteiger partial charge in [-0.1, -0.05) is 6.92 Å². The normalized spacial score (nSPS) is 10.2. The van der Waals surface area contributed by atoms with Crippen molar-refractivity contribution in [3.8, 4) is 0 Å². The molecule has 0 aliphatic heterocycles. The monoisotopic (exact) mass is 228 g/mol. The van der Waals surface area contributed by atoms with Gasteiger partial charge in [-0.3, -0.25) is 4.79 Å². The van der Waals surface area contributed by atoms with E-state index in [0.717, 1.165) is 23.1 Å². The first kappa shape index (κ1) is 12.6. The van der Waals surface area contributed by atoms with E-state index in [1.807, 2.05) is 6.92 Å².